The zero-order valence-electron chi connectivity index (χ0n) is 11.3. The van der Waals surface area contributed by atoms with E-state index in [9.17, 15) is 4.79 Å². The summed E-state index contributed by atoms with van der Waals surface area (Å²) in [6, 6.07) is 14.9. The molecule has 0 aliphatic heterocycles. The van der Waals surface area contributed by atoms with E-state index in [1.165, 1.54) is 4.52 Å². The Bertz CT molecular complexity index is 1050. The first-order valence-corrected chi connectivity index (χ1v) is 6.54. The number of hydrogen-bond donors (Lipinski definition) is 0. The third-order valence-electron chi connectivity index (χ3n) is 3.54. The lowest BCUT2D eigenvalue weighted by Crippen LogP contribution is -2.18. The van der Waals surface area contributed by atoms with Gasteiger partial charge in [0.1, 0.15) is 0 Å². The van der Waals surface area contributed by atoms with Gasteiger partial charge in [0.05, 0.1) is 18.0 Å². The maximum Gasteiger partial charge on any atom is 0.282 e. The van der Waals surface area contributed by atoms with Crippen LogP contribution in [-0.4, -0.2) is 21.7 Å². The molecule has 0 aliphatic rings. The van der Waals surface area contributed by atoms with Gasteiger partial charge in [0.25, 0.3) is 5.56 Å². The number of methoxy groups -OCH3 is 1. The van der Waals surface area contributed by atoms with Gasteiger partial charge in [-0.25, -0.2) is 4.98 Å². The molecule has 2 aromatic heterocycles. The highest BCUT2D eigenvalue weighted by Crippen LogP contribution is 2.25. The van der Waals surface area contributed by atoms with Crippen LogP contribution in [0.2, 0.25) is 0 Å². The number of ether oxygens (including phenoxy) is 1. The van der Waals surface area contributed by atoms with Crippen molar-refractivity contribution in [3.63, 3.8) is 0 Å². The predicted molar refractivity (Wildman–Crippen MR) is 80.8 cm³/mol. The van der Waals surface area contributed by atoms with Crippen molar-refractivity contribution in [2.45, 2.75) is 0 Å². The molecule has 2 aromatic carbocycles. The fourth-order valence-corrected chi connectivity index (χ4v) is 2.55. The lowest BCUT2D eigenvalue weighted by atomic mass is 10.2. The summed E-state index contributed by atoms with van der Waals surface area (Å²) < 4.78 is 6.61. The molecule has 0 unspecified atom stereocenters. The minimum absolute atomic E-state index is 0.195. The molecule has 0 fully saturated rings. The maximum absolute atomic E-state index is 12.6. The van der Waals surface area contributed by atoms with E-state index < -0.39 is 0 Å². The molecule has 2 heterocycles. The number of benzene rings is 2. The van der Waals surface area contributed by atoms with Crippen molar-refractivity contribution in [3.05, 3.63) is 58.9 Å². The van der Waals surface area contributed by atoms with Gasteiger partial charge in [0.15, 0.2) is 5.65 Å². The smallest absolute Gasteiger partial charge is 0.282 e. The zero-order valence-corrected chi connectivity index (χ0v) is 11.3. The Kier molecular flexibility index (Phi) is 2.41. The first-order valence-electron chi connectivity index (χ1n) is 6.54. The molecule has 5 heteroatoms. The number of nitrogens with zero attached hydrogens (tertiary/aromatic N) is 3. The summed E-state index contributed by atoms with van der Waals surface area (Å²) in [4.78, 5) is 17.2. The number of fused-ring (bicyclic) bond motifs is 4. The highest BCUT2D eigenvalue weighted by atomic mass is 16.5. The maximum atomic E-state index is 12.6. The molecule has 102 valence electrons. The van der Waals surface area contributed by atoms with E-state index in [-0.39, 0.29) is 5.56 Å². The second-order valence-corrected chi connectivity index (χ2v) is 4.72. The summed E-state index contributed by atoms with van der Waals surface area (Å²) in [5.74, 6) is 0.414. The number of hydrogen-bond acceptors (Lipinski definition) is 4. The quantitative estimate of drug-likeness (QED) is 0.396. The summed E-state index contributed by atoms with van der Waals surface area (Å²) in [5.41, 5.74) is 1.01. The lowest BCUT2D eigenvalue weighted by Gasteiger charge is -2.09. The first-order chi connectivity index (χ1) is 10.3. The number of aromatic nitrogens is 3. The van der Waals surface area contributed by atoms with E-state index in [1.54, 1.807) is 13.2 Å². The second-order valence-electron chi connectivity index (χ2n) is 4.72. The summed E-state index contributed by atoms with van der Waals surface area (Å²) in [6.07, 6.45) is 0. The molecule has 0 N–H and O–H groups in total. The van der Waals surface area contributed by atoms with Crippen molar-refractivity contribution < 1.29 is 4.74 Å². The molecule has 4 aromatic rings. The molecule has 0 spiro atoms. The molecule has 0 bridgehead atoms. The van der Waals surface area contributed by atoms with Crippen LogP contribution in [0.15, 0.2) is 53.3 Å². The van der Waals surface area contributed by atoms with Gasteiger partial charge in [-0.05, 0) is 18.2 Å². The Morgan fingerprint density at radius 3 is 2.38 bits per heavy atom. The first kappa shape index (κ1) is 11.8. The molecule has 0 radical (unpaired) electrons. The number of para-hydroxylation sites is 1. The van der Waals surface area contributed by atoms with E-state index in [1.807, 2.05) is 42.5 Å². The van der Waals surface area contributed by atoms with Gasteiger partial charge in [0, 0.05) is 10.8 Å². The average Bonchev–Trinajstić information content (AvgIpc) is 2.55. The van der Waals surface area contributed by atoms with Gasteiger partial charge in [-0.15, -0.1) is 5.10 Å². The topological polar surface area (TPSA) is 56.5 Å². The highest BCUT2D eigenvalue weighted by molar-refractivity contribution is 5.98. The Labute approximate surface area is 119 Å². The minimum Gasteiger partial charge on any atom is -0.480 e. The zero-order chi connectivity index (χ0) is 14.4. The summed E-state index contributed by atoms with van der Waals surface area (Å²) >= 11 is 0. The van der Waals surface area contributed by atoms with Crippen LogP contribution in [0, 0.1) is 0 Å². The fourth-order valence-electron chi connectivity index (χ4n) is 2.55. The van der Waals surface area contributed by atoms with Crippen LogP contribution in [0.5, 0.6) is 5.88 Å². The second kappa shape index (κ2) is 4.28. The molecule has 0 saturated carbocycles. The van der Waals surface area contributed by atoms with Crippen molar-refractivity contribution in [2.24, 2.45) is 0 Å². The SMILES string of the molecule is COc1nn2c(=O)c3ccccc3nc2c2ccccc12. The Balaban J connectivity index is 2.34. The Morgan fingerprint density at radius 2 is 1.62 bits per heavy atom. The largest absolute Gasteiger partial charge is 0.480 e. The normalized spacial score (nSPS) is 11.3. The van der Waals surface area contributed by atoms with Crippen molar-refractivity contribution in [1.29, 1.82) is 0 Å². The molecule has 0 aliphatic carbocycles. The van der Waals surface area contributed by atoms with Crippen LogP contribution in [0.4, 0.5) is 0 Å². The summed E-state index contributed by atoms with van der Waals surface area (Å²) in [5, 5.41) is 6.51. The molecule has 21 heavy (non-hydrogen) atoms. The predicted octanol–water partition coefficient (Wildman–Crippen LogP) is 2.40. The average molecular weight is 277 g/mol. The van der Waals surface area contributed by atoms with Gasteiger partial charge in [-0.1, -0.05) is 30.3 Å². The summed E-state index contributed by atoms with van der Waals surface area (Å²) in [7, 11) is 1.54. The van der Waals surface area contributed by atoms with E-state index in [4.69, 9.17) is 4.74 Å². The van der Waals surface area contributed by atoms with Crippen LogP contribution < -0.4 is 10.3 Å². The summed E-state index contributed by atoms with van der Waals surface area (Å²) in [6.45, 7) is 0. The third-order valence-corrected chi connectivity index (χ3v) is 3.54. The third kappa shape index (κ3) is 1.61. The van der Waals surface area contributed by atoms with Crippen LogP contribution in [0.1, 0.15) is 0 Å². The van der Waals surface area contributed by atoms with E-state index >= 15 is 0 Å². The van der Waals surface area contributed by atoms with Gasteiger partial charge in [-0.2, -0.15) is 4.52 Å². The monoisotopic (exact) mass is 277 g/mol. The van der Waals surface area contributed by atoms with Crippen LogP contribution in [0.3, 0.4) is 0 Å². The van der Waals surface area contributed by atoms with Crippen molar-refractivity contribution >= 4 is 27.3 Å². The van der Waals surface area contributed by atoms with Gasteiger partial charge >= 0.3 is 0 Å². The molecule has 5 nitrogen and oxygen atoms in total. The van der Waals surface area contributed by atoms with Crippen LogP contribution in [0.25, 0.3) is 27.3 Å². The van der Waals surface area contributed by atoms with Gasteiger partial charge < -0.3 is 4.74 Å². The molecule has 4 rings (SSSR count). The van der Waals surface area contributed by atoms with E-state index in [0.717, 1.165) is 10.8 Å². The van der Waals surface area contributed by atoms with Crippen molar-refractivity contribution in [2.75, 3.05) is 7.11 Å². The molecule has 0 saturated heterocycles. The Morgan fingerprint density at radius 1 is 0.952 bits per heavy atom. The van der Waals surface area contributed by atoms with E-state index in [2.05, 4.69) is 10.1 Å². The van der Waals surface area contributed by atoms with Crippen molar-refractivity contribution in [3.8, 4) is 5.88 Å². The number of rotatable bonds is 1. The van der Waals surface area contributed by atoms with Gasteiger partial charge in [0.2, 0.25) is 5.88 Å². The fraction of sp³-hybridized carbons (Fsp3) is 0.0625. The van der Waals surface area contributed by atoms with Crippen molar-refractivity contribution in [1.82, 2.24) is 14.6 Å². The molecular formula is C16H11N3O2. The van der Waals surface area contributed by atoms with Crippen LogP contribution in [-0.2, 0) is 0 Å². The minimum atomic E-state index is -0.195. The standard InChI is InChI=1S/C16H11N3O2/c1-21-15-11-7-3-2-6-10(11)14-17-13-9-5-4-8-12(13)16(20)19(14)18-15/h2-9H,1H3. The Hall–Kier alpha value is -2.95. The van der Waals surface area contributed by atoms with Crippen LogP contribution >= 0.6 is 0 Å². The molecule has 0 amide bonds. The van der Waals surface area contributed by atoms with E-state index in [0.29, 0.717) is 22.4 Å². The molecule has 0 atom stereocenters. The lowest BCUT2D eigenvalue weighted by molar-refractivity contribution is 0.395. The highest BCUT2D eigenvalue weighted by Gasteiger charge is 2.12. The molecular weight excluding hydrogens is 266 g/mol. The van der Waals surface area contributed by atoms with Gasteiger partial charge in [-0.3, -0.25) is 4.79 Å².